The predicted octanol–water partition coefficient (Wildman–Crippen LogP) is 2.85. The van der Waals surface area contributed by atoms with Gasteiger partial charge in [-0.25, -0.2) is 17.9 Å². The smallest absolute Gasteiger partial charge is 0.336 e. The molecule has 0 aliphatic rings. The predicted molar refractivity (Wildman–Crippen MR) is 85.4 cm³/mol. The maximum atomic E-state index is 12.2. The van der Waals surface area contributed by atoms with E-state index in [1.165, 1.54) is 18.2 Å². The molecule has 1 unspecified atom stereocenters. The lowest BCUT2D eigenvalue weighted by molar-refractivity contribution is 0.0695. The molecule has 1 atom stereocenters. The van der Waals surface area contributed by atoms with Crippen molar-refractivity contribution < 1.29 is 18.3 Å². The van der Waals surface area contributed by atoms with E-state index in [9.17, 15) is 13.2 Å². The summed E-state index contributed by atoms with van der Waals surface area (Å²) >= 11 is 1.87. The Morgan fingerprint density at radius 3 is 2.65 bits per heavy atom. The molecule has 7 heteroatoms. The van der Waals surface area contributed by atoms with Crippen molar-refractivity contribution in [1.29, 1.82) is 0 Å². The molecule has 0 aromatic heterocycles. The molecule has 1 rings (SSSR count). The van der Waals surface area contributed by atoms with Gasteiger partial charge in [0.15, 0.2) is 0 Å². The van der Waals surface area contributed by atoms with Crippen LogP contribution in [0.3, 0.4) is 0 Å². The van der Waals surface area contributed by atoms with Crippen molar-refractivity contribution in [2.24, 2.45) is 0 Å². The van der Waals surface area contributed by atoms with Crippen molar-refractivity contribution in [2.45, 2.75) is 44.0 Å². The fourth-order valence-corrected chi connectivity index (χ4v) is 3.61. The Labute approximate surface area is 133 Å². The van der Waals surface area contributed by atoms with Crippen LogP contribution in [0.5, 0.6) is 0 Å². The molecule has 0 spiro atoms. The first-order chi connectivity index (χ1) is 9.27. The van der Waals surface area contributed by atoms with E-state index in [2.05, 4.69) is 4.72 Å². The Bertz CT molecular complexity index is 586. The zero-order valence-electron chi connectivity index (χ0n) is 11.4. The quantitative estimate of drug-likeness (QED) is 0.676. The number of halogens is 1. The highest BCUT2D eigenvalue weighted by molar-refractivity contribution is 14.1. The van der Waals surface area contributed by atoms with Gasteiger partial charge in [0.25, 0.3) is 0 Å². The second-order valence-electron chi connectivity index (χ2n) is 4.61. The topological polar surface area (TPSA) is 83.5 Å². The molecule has 0 heterocycles. The van der Waals surface area contributed by atoms with Crippen LogP contribution in [-0.2, 0) is 10.0 Å². The molecule has 0 saturated carbocycles. The van der Waals surface area contributed by atoms with E-state index < -0.39 is 16.0 Å². The van der Waals surface area contributed by atoms with Gasteiger partial charge in [-0.05, 0) is 54.1 Å². The number of rotatable bonds is 7. The SMILES string of the molecule is CCCCC(C)NS(=O)(=O)c1ccc(I)c(C(=O)O)c1. The number of carboxylic acids is 1. The summed E-state index contributed by atoms with van der Waals surface area (Å²) in [5.74, 6) is -1.13. The number of carbonyl (C=O) groups is 1. The molecule has 0 saturated heterocycles. The summed E-state index contributed by atoms with van der Waals surface area (Å²) in [7, 11) is -3.68. The number of nitrogens with one attached hydrogen (secondary N) is 1. The highest BCUT2D eigenvalue weighted by Crippen LogP contribution is 2.18. The van der Waals surface area contributed by atoms with E-state index in [1.54, 1.807) is 6.92 Å². The summed E-state index contributed by atoms with van der Waals surface area (Å²) in [6, 6.07) is 3.93. The summed E-state index contributed by atoms with van der Waals surface area (Å²) in [6.45, 7) is 3.84. The minimum atomic E-state index is -3.68. The van der Waals surface area contributed by atoms with Crippen LogP contribution in [-0.4, -0.2) is 25.5 Å². The number of benzene rings is 1. The Hall–Kier alpha value is -0.670. The zero-order valence-corrected chi connectivity index (χ0v) is 14.4. The lowest BCUT2D eigenvalue weighted by Gasteiger charge is -2.14. The number of unbranched alkanes of at least 4 members (excludes halogenated alkanes) is 1. The Morgan fingerprint density at radius 2 is 2.10 bits per heavy atom. The average Bonchev–Trinajstić information content (AvgIpc) is 2.35. The number of hydrogen-bond donors (Lipinski definition) is 2. The normalized spacial score (nSPS) is 13.2. The van der Waals surface area contributed by atoms with Crippen LogP contribution in [0.25, 0.3) is 0 Å². The summed E-state index contributed by atoms with van der Waals surface area (Å²) in [5.41, 5.74) is -0.00492. The maximum absolute atomic E-state index is 12.2. The van der Waals surface area contributed by atoms with Crippen LogP contribution >= 0.6 is 22.6 Å². The molecule has 0 aliphatic carbocycles. The van der Waals surface area contributed by atoms with Gasteiger partial charge in [0, 0.05) is 9.61 Å². The first-order valence-corrected chi connectivity index (χ1v) is 8.89. The molecule has 0 bridgehead atoms. The maximum Gasteiger partial charge on any atom is 0.336 e. The van der Waals surface area contributed by atoms with Crippen LogP contribution in [0.1, 0.15) is 43.5 Å². The molecule has 0 radical (unpaired) electrons. The number of sulfonamides is 1. The van der Waals surface area contributed by atoms with Gasteiger partial charge in [-0.15, -0.1) is 0 Å². The van der Waals surface area contributed by atoms with E-state index in [1.807, 2.05) is 29.5 Å². The number of aromatic carboxylic acids is 1. The standard InChI is InChI=1S/C13H18INO4S/c1-3-4-5-9(2)15-20(18,19)10-6-7-12(14)11(8-10)13(16)17/h6-9,15H,3-5H2,1-2H3,(H,16,17). The van der Waals surface area contributed by atoms with Crippen LogP contribution in [0.15, 0.2) is 23.1 Å². The van der Waals surface area contributed by atoms with Crippen LogP contribution in [0.2, 0.25) is 0 Å². The van der Waals surface area contributed by atoms with E-state index in [0.717, 1.165) is 19.3 Å². The fourth-order valence-electron chi connectivity index (χ4n) is 1.74. The van der Waals surface area contributed by atoms with Gasteiger partial charge >= 0.3 is 5.97 Å². The molecule has 2 N–H and O–H groups in total. The van der Waals surface area contributed by atoms with E-state index in [0.29, 0.717) is 3.57 Å². The van der Waals surface area contributed by atoms with Gasteiger partial charge in [-0.2, -0.15) is 0 Å². The second-order valence-corrected chi connectivity index (χ2v) is 7.49. The van der Waals surface area contributed by atoms with E-state index >= 15 is 0 Å². The van der Waals surface area contributed by atoms with Crippen molar-refractivity contribution in [1.82, 2.24) is 4.72 Å². The number of hydrogen-bond acceptors (Lipinski definition) is 3. The highest BCUT2D eigenvalue weighted by atomic mass is 127. The summed E-state index contributed by atoms with van der Waals surface area (Å²) in [4.78, 5) is 11.0. The van der Waals surface area contributed by atoms with E-state index in [-0.39, 0.29) is 16.5 Å². The molecule has 0 fully saturated rings. The summed E-state index contributed by atoms with van der Waals surface area (Å²) < 4.78 is 27.4. The summed E-state index contributed by atoms with van der Waals surface area (Å²) in [5, 5.41) is 9.03. The van der Waals surface area contributed by atoms with Crippen molar-refractivity contribution in [2.75, 3.05) is 0 Å². The van der Waals surface area contributed by atoms with Crippen LogP contribution in [0.4, 0.5) is 0 Å². The van der Waals surface area contributed by atoms with E-state index in [4.69, 9.17) is 5.11 Å². The van der Waals surface area contributed by atoms with Crippen LogP contribution < -0.4 is 4.72 Å². The fraction of sp³-hybridized carbons (Fsp3) is 0.462. The van der Waals surface area contributed by atoms with Gasteiger partial charge < -0.3 is 5.11 Å². The van der Waals surface area contributed by atoms with Crippen molar-refractivity contribution in [3.8, 4) is 0 Å². The lowest BCUT2D eigenvalue weighted by atomic mass is 10.2. The first kappa shape index (κ1) is 17.4. The third-order valence-electron chi connectivity index (χ3n) is 2.83. The number of carboxylic acid groups (broad SMARTS) is 1. The van der Waals surface area contributed by atoms with Gasteiger partial charge in [-0.3, -0.25) is 0 Å². The zero-order chi connectivity index (χ0) is 15.3. The molecular formula is C13H18INO4S. The molecule has 1 aromatic rings. The minimum absolute atomic E-state index is 0.00492. The Balaban J connectivity index is 2.98. The molecule has 1 aromatic carbocycles. The molecular weight excluding hydrogens is 393 g/mol. The monoisotopic (exact) mass is 411 g/mol. The first-order valence-electron chi connectivity index (χ1n) is 6.33. The largest absolute Gasteiger partial charge is 0.478 e. The Kier molecular flexibility index (Phi) is 6.41. The molecule has 112 valence electrons. The minimum Gasteiger partial charge on any atom is -0.478 e. The van der Waals surface area contributed by atoms with Gasteiger partial charge in [0.2, 0.25) is 10.0 Å². The molecule has 0 amide bonds. The highest BCUT2D eigenvalue weighted by Gasteiger charge is 2.20. The Morgan fingerprint density at radius 1 is 1.45 bits per heavy atom. The molecule has 0 aliphatic heterocycles. The van der Waals surface area contributed by atoms with Crippen molar-refractivity contribution in [3.63, 3.8) is 0 Å². The van der Waals surface area contributed by atoms with Gasteiger partial charge in [-0.1, -0.05) is 19.8 Å². The third-order valence-corrected chi connectivity index (χ3v) is 5.35. The average molecular weight is 411 g/mol. The van der Waals surface area contributed by atoms with Gasteiger partial charge in [0.1, 0.15) is 0 Å². The van der Waals surface area contributed by atoms with Crippen molar-refractivity contribution in [3.05, 3.63) is 27.3 Å². The molecule has 5 nitrogen and oxygen atoms in total. The third kappa shape index (κ3) is 4.71. The molecule has 20 heavy (non-hydrogen) atoms. The van der Waals surface area contributed by atoms with Gasteiger partial charge in [0.05, 0.1) is 10.5 Å². The lowest BCUT2D eigenvalue weighted by Crippen LogP contribution is -2.32. The second kappa shape index (κ2) is 7.37. The summed E-state index contributed by atoms with van der Waals surface area (Å²) in [6.07, 6.45) is 2.70. The van der Waals surface area contributed by atoms with Crippen molar-refractivity contribution >= 4 is 38.6 Å². The van der Waals surface area contributed by atoms with Crippen LogP contribution in [0, 0.1) is 3.57 Å².